The van der Waals surface area contributed by atoms with Crippen LogP contribution in [0.15, 0.2) is 18.2 Å². The number of nitrogens with two attached hydrogens (primary N) is 1. The molecule has 3 N–H and O–H groups in total. The normalized spacial score (nSPS) is 20.2. The van der Waals surface area contributed by atoms with Gasteiger partial charge in [0.05, 0.1) is 6.10 Å². The Bertz CT molecular complexity index is 422. The van der Waals surface area contributed by atoms with Gasteiger partial charge in [-0.05, 0) is 56.2 Å². The monoisotopic (exact) mass is 284 g/mol. The number of hydrazine groups is 1. The van der Waals surface area contributed by atoms with E-state index in [-0.39, 0.29) is 6.04 Å². The maximum atomic E-state index is 13.1. The van der Waals surface area contributed by atoms with Crippen molar-refractivity contribution >= 4 is 0 Å². The Hall–Kier alpha value is -1.04. The number of benzene rings is 1. The molecule has 1 aromatic rings. The van der Waals surface area contributed by atoms with Crippen LogP contribution in [0.2, 0.25) is 0 Å². The first kappa shape index (κ1) is 15.4. The van der Waals surface area contributed by atoms with Crippen LogP contribution in [0.1, 0.15) is 37.7 Å². The molecule has 3 nitrogen and oxygen atoms in total. The molecular weight excluding hydrogens is 262 g/mol. The van der Waals surface area contributed by atoms with Crippen LogP contribution in [-0.2, 0) is 11.2 Å². The minimum atomic E-state index is -0.815. The molecule has 2 atom stereocenters. The molecule has 5 heteroatoms. The Labute approximate surface area is 118 Å². The van der Waals surface area contributed by atoms with Gasteiger partial charge in [-0.1, -0.05) is 6.07 Å². The van der Waals surface area contributed by atoms with Gasteiger partial charge in [-0.25, -0.2) is 8.78 Å². The zero-order chi connectivity index (χ0) is 14.4. The molecule has 1 heterocycles. The molecule has 1 aliphatic rings. The lowest BCUT2D eigenvalue weighted by molar-refractivity contribution is 0.101. The van der Waals surface area contributed by atoms with Crippen molar-refractivity contribution < 1.29 is 13.5 Å². The fraction of sp³-hybridized carbons (Fsp3) is 0.600. The fourth-order valence-electron chi connectivity index (χ4n) is 2.66. The molecule has 2 rings (SSSR count). The predicted octanol–water partition coefficient (Wildman–Crippen LogP) is 2.69. The van der Waals surface area contributed by atoms with Crippen molar-refractivity contribution in [3.05, 3.63) is 35.4 Å². The van der Waals surface area contributed by atoms with Crippen LogP contribution in [-0.4, -0.2) is 18.8 Å². The Kier molecular flexibility index (Phi) is 5.88. The zero-order valence-electron chi connectivity index (χ0n) is 11.6. The van der Waals surface area contributed by atoms with Gasteiger partial charge in [-0.15, -0.1) is 0 Å². The standard InChI is InChI=1S/C15H22F2N2O/c16-14-7-6-11(10-15(14)17)9-12(19-18)3-1-4-13-5-2-8-20-13/h6-7,10,12-13,19H,1-5,8-9,18H2. The molecule has 0 radical (unpaired) electrons. The minimum absolute atomic E-state index is 0.0706. The molecule has 20 heavy (non-hydrogen) atoms. The van der Waals surface area contributed by atoms with Crippen molar-refractivity contribution in [3.8, 4) is 0 Å². The van der Waals surface area contributed by atoms with Gasteiger partial charge in [0, 0.05) is 12.6 Å². The van der Waals surface area contributed by atoms with Crippen LogP contribution in [0.3, 0.4) is 0 Å². The van der Waals surface area contributed by atoms with Gasteiger partial charge in [0.25, 0.3) is 0 Å². The third kappa shape index (κ3) is 4.51. The van der Waals surface area contributed by atoms with Crippen LogP contribution in [0, 0.1) is 11.6 Å². The van der Waals surface area contributed by atoms with Crippen LogP contribution in [0.5, 0.6) is 0 Å². The second-order valence-corrected chi connectivity index (χ2v) is 5.38. The van der Waals surface area contributed by atoms with Crippen molar-refractivity contribution in [2.45, 2.75) is 50.7 Å². The molecule has 0 aliphatic carbocycles. The second-order valence-electron chi connectivity index (χ2n) is 5.38. The van der Waals surface area contributed by atoms with Gasteiger partial charge in [0.15, 0.2) is 11.6 Å². The SMILES string of the molecule is NNC(CCCC1CCCO1)Cc1ccc(F)c(F)c1. The van der Waals surface area contributed by atoms with E-state index in [1.54, 1.807) is 6.07 Å². The van der Waals surface area contributed by atoms with E-state index >= 15 is 0 Å². The Morgan fingerprint density at radius 3 is 2.85 bits per heavy atom. The number of halogens is 2. The molecule has 2 unspecified atom stereocenters. The molecule has 112 valence electrons. The third-order valence-corrected chi connectivity index (χ3v) is 3.80. The maximum Gasteiger partial charge on any atom is 0.159 e. The topological polar surface area (TPSA) is 47.3 Å². The lowest BCUT2D eigenvalue weighted by Gasteiger charge is -2.17. The van der Waals surface area contributed by atoms with Gasteiger partial charge >= 0.3 is 0 Å². The van der Waals surface area contributed by atoms with E-state index < -0.39 is 11.6 Å². The van der Waals surface area contributed by atoms with E-state index in [4.69, 9.17) is 10.6 Å². The van der Waals surface area contributed by atoms with Crippen LogP contribution in [0.25, 0.3) is 0 Å². The van der Waals surface area contributed by atoms with Gasteiger partial charge in [-0.3, -0.25) is 11.3 Å². The quantitative estimate of drug-likeness (QED) is 0.598. The number of nitrogens with one attached hydrogen (secondary N) is 1. The minimum Gasteiger partial charge on any atom is -0.378 e. The highest BCUT2D eigenvalue weighted by molar-refractivity contribution is 5.18. The summed E-state index contributed by atoms with van der Waals surface area (Å²) < 4.78 is 31.6. The number of hydrogen-bond acceptors (Lipinski definition) is 3. The lowest BCUT2D eigenvalue weighted by atomic mass is 9.99. The third-order valence-electron chi connectivity index (χ3n) is 3.80. The molecule has 1 saturated heterocycles. The summed E-state index contributed by atoms with van der Waals surface area (Å²) in [4.78, 5) is 0. The summed E-state index contributed by atoms with van der Waals surface area (Å²) in [6.45, 7) is 0.873. The molecule has 1 aromatic carbocycles. The summed E-state index contributed by atoms with van der Waals surface area (Å²) in [5, 5.41) is 0. The van der Waals surface area contributed by atoms with E-state index in [1.165, 1.54) is 6.07 Å². The highest BCUT2D eigenvalue weighted by Gasteiger charge is 2.16. The summed E-state index contributed by atoms with van der Waals surface area (Å²) in [5.74, 6) is 3.91. The number of ether oxygens (including phenoxy) is 1. The Morgan fingerprint density at radius 2 is 2.20 bits per heavy atom. The van der Waals surface area contributed by atoms with Crippen molar-refractivity contribution in [1.29, 1.82) is 0 Å². The largest absolute Gasteiger partial charge is 0.378 e. The first-order valence-electron chi connectivity index (χ1n) is 7.20. The highest BCUT2D eigenvalue weighted by atomic mass is 19.2. The average Bonchev–Trinajstić information content (AvgIpc) is 2.95. The van der Waals surface area contributed by atoms with Crippen molar-refractivity contribution in [2.24, 2.45) is 5.84 Å². The van der Waals surface area contributed by atoms with E-state index in [0.29, 0.717) is 12.5 Å². The molecule has 0 saturated carbocycles. The van der Waals surface area contributed by atoms with Crippen LogP contribution >= 0.6 is 0 Å². The molecule has 1 fully saturated rings. The molecule has 0 spiro atoms. The van der Waals surface area contributed by atoms with Gasteiger partial charge in [-0.2, -0.15) is 0 Å². The molecular formula is C15H22F2N2O. The predicted molar refractivity (Wildman–Crippen MR) is 74.0 cm³/mol. The Morgan fingerprint density at radius 1 is 1.35 bits per heavy atom. The lowest BCUT2D eigenvalue weighted by Crippen LogP contribution is -2.36. The second kappa shape index (κ2) is 7.67. The molecule has 0 bridgehead atoms. The molecule has 0 aromatic heterocycles. The van der Waals surface area contributed by atoms with E-state index in [1.807, 2.05) is 0 Å². The van der Waals surface area contributed by atoms with Crippen molar-refractivity contribution in [2.75, 3.05) is 6.61 Å². The molecule has 1 aliphatic heterocycles. The van der Waals surface area contributed by atoms with Gasteiger partial charge in [0.1, 0.15) is 0 Å². The first-order chi connectivity index (χ1) is 9.69. The smallest absolute Gasteiger partial charge is 0.159 e. The summed E-state index contributed by atoms with van der Waals surface area (Å²) in [6, 6.07) is 4.06. The van der Waals surface area contributed by atoms with E-state index in [0.717, 1.165) is 50.3 Å². The van der Waals surface area contributed by atoms with E-state index in [9.17, 15) is 8.78 Å². The number of hydrogen-bond donors (Lipinski definition) is 2. The van der Waals surface area contributed by atoms with E-state index in [2.05, 4.69) is 5.43 Å². The summed E-state index contributed by atoms with van der Waals surface area (Å²) >= 11 is 0. The summed E-state index contributed by atoms with van der Waals surface area (Å²) in [6.07, 6.45) is 6.23. The zero-order valence-corrected chi connectivity index (χ0v) is 11.6. The summed E-state index contributed by atoms with van der Waals surface area (Å²) in [5.41, 5.74) is 3.51. The van der Waals surface area contributed by atoms with Crippen molar-refractivity contribution in [1.82, 2.24) is 5.43 Å². The van der Waals surface area contributed by atoms with Crippen LogP contribution in [0.4, 0.5) is 8.78 Å². The maximum absolute atomic E-state index is 13.1. The first-order valence-corrected chi connectivity index (χ1v) is 7.20. The van der Waals surface area contributed by atoms with Crippen LogP contribution < -0.4 is 11.3 Å². The number of rotatable bonds is 7. The van der Waals surface area contributed by atoms with Gasteiger partial charge in [0.2, 0.25) is 0 Å². The summed E-state index contributed by atoms with van der Waals surface area (Å²) in [7, 11) is 0. The van der Waals surface area contributed by atoms with Crippen molar-refractivity contribution in [3.63, 3.8) is 0 Å². The average molecular weight is 284 g/mol. The molecule has 0 amide bonds. The van der Waals surface area contributed by atoms with Gasteiger partial charge < -0.3 is 4.74 Å². The highest BCUT2D eigenvalue weighted by Crippen LogP contribution is 2.19. The fourth-order valence-corrected chi connectivity index (χ4v) is 2.66. The Balaban J connectivity index is 1.77.